The van der Waals surface area contributed by atoms with E-state index in [1.165, 1.54) is 5.39 Å². The molecule has 0 unspecified atom stereocenters. The molecule has 1 aromatic carbocycles. The van der Waals surface area contributed by atoms with E-state index >= 15 is 0 Å². The Bertz CT molecular complexity index is 762. The van der Waals surface area contributed by atoms with Crippen LogP contribution in [0.3, 0.4) is 0 Å². The van der Waals surface area contributed by atoms with Crippen molar-refractivity contribution in [2.75, 3.05) is 5.32 Å². The van der Waals surface area contributed by atoms with Crippen LogP contribution in [-0.4, -0.2) is 21.7 Å². The quantitative estimate of drug-likeness (QED) is 0.613. The predicted molar refractivity (Wildman–Crippen MR) is 75.5 cm³/mol. The Morgan fingerprint density at radius 2 is 1.85 bits per heavy atom. The van der Waals surface area contributed by atoms with Gasteiger partial charge in [0.15, 0.2) is 0 Å². The molecule has 0 aliphatic carbocycles. The number of ketones is 1. The van der Waals surface area contributed by atoms with E-state index in [1.807, 2.05) is 24.5 Å². The number of carbonyl (C=O) groups is 2. The van der Waals surface area contributed by atoms with Crippen LogP contribution in [0.25, 0.3) is 10.9 Å². The second-order valence-corrected chi connectivity index (χ2v) is 4.27. The third kappa shape index (κ3) is 2.16. The molecule has 3 aromatic rings. The number of hydrogen-bond donors (Lipinski definition) is 2. The molecule has 2 N–H and O–H groups in total. The van der Waals surface area contributed by atoms with Crippen molar-refractivity contribution in [2.24, 2.45) is 0 Å². The van der Waals surface area contributed by atoms with Crippen LogP contribution in [-0.2, 0) is 4.79 Å². The SMILES string of the molecule is O=C1Nc2ccccc2C1=O.c1cc2cc[nH]c2cn1. The van der Waals surface area contributed by atoms with Gasteiger partial charge in [-0.15, -0.1) is 0 Å². The first-order valence-corrected chi connectivity index (χ1v) is 6.07. The highest BCUT2D eigenvalue weighted by atomic mass is 16.2. The standard InChI is InChI=1S/C8H5NO2.C7H6N2/c10-7-5-3-1-2-4-6(5)9-8(7)11;1-3-8-5-7-6(1)2-4-9-7/h1-4H,(H,9,10,11);1-5,9H. The zero-order chi connectivity index (χ0) is 13.9. The molecule has 0 spiro atoms. The number of nitrogens with one attached hydrogen (secondary N) is 2. The molecule has 0 saturated carbocycles. The number of aromatic amines is 1. The summed E-state index contributed by atoms with van der Waals surface area (Å²) >= 11 is 0. The summed E-state index contributed by atoms with van der Waals surface area (Å²) in [6.07, 6.45) is 5.51. The molecule has 0 fully saturated rings. The fourth-order valence-electron chi connectivity index (χ4n) is 1.98. The number of H-pyrrole nitrogens is 1. The molecule has 20 heavy (non-hydrogen) atoms. The van der Waals surface area contributed by atoms with E-state index in [2.05, 4.69) is 15.3 Å². The molecule has 1 aliphatic heterocycles. The lowest BCUT2D eigenvalue weighted by Gasteiger charge is -1.91. The summed E-state index contributed by atoms with van der Waals surface area (Å²) in [7, 11) is 0. The zero-order valence-corrected chi connectivity index (χ0v) is 10.5. The van der Waals surface area contributed by atoms with Crippen molar-refractivity contribution in [2.45, 2.75) is 0 Å². The maximum Gasteiger partial charge on any atom is 0.296 e. The zero-order valence-electron chi connectivity index (χ0n) is 10.5. The second kappa shape index (κ2) is 4.97. The lowest BCUT2D eigenvalue weighted by molar-refractivity contribution is -0.112. The van der Waals surface area contributed by atoms with E-state index < -0.39 is 11.7 Å². The molecule has 0 atom stereocenters. The number of para-hydroxylation sites is 1. The molecule has 1 amide bonds. The Balaban J connectivity index is 0.000000123. The number of aromatic nitrogens is 2. The number of amides is 1. The van der Waals surface area contributed by atoms with Gasteiger partial charge in [0.25, 0.3) is 11.7 Å². The third-order valence-electron chi connectivity index (χ3n) is 2.98. The highest BCUT2D eigenvalue weighted by Crippen LogP contribution is 2.21. The minimum absolute atomic E-state index is 0.444. The molecule has 5 heteroatoms. The van der Waals surface area contributed by atoms with E-state index in [9.17, 15) is 9.59 Å². The molecule has 98 valence electrons. The average Bonchev–Trinajstić information content (AvgIpc) is 3.06. The fourth-order valence-corrected chi connectivity index (χ4v) is 1.98. The summed E-state index contributed by atoms with van der Waals surface area (Å²) in [6.45, 7) is 0. The summed E-state index contributed by atoms with van der Waals surface area (Å²) in [5.74, 6) is -0.980. The lowest BCUT2D eigenvalue weighted by Crippen LogP contribution is -2.12. The van der Waals surface area contributed by atoms with Gasteiger partial charge in [-0.3, -0.25) is 14.6 Å². The first-order chi connectivity index (χ1) is 9.75. The molecule has 0 radical (unpaired) electrons. The lowest BCUT2D eigenvalue weighted by atomic mass is 10.1. The Kier molecular flexibility index (Phi) is 3.01. The van der Waals surface area contributed by atoms with Gasteiger partial charge in [0.05, 0.1) is 23.0 Å². The molecular formula is C15H11N3O2. The summed E-state index contributed by atoms with van der Waals surface area (Å²) < 4.78 is 0. The van der Waals surface area contributed by atoms with E-state index in [-0.39, 0.29) is 0 Å². The number of rotatable bonds is 0. The first-order valence-electron chi connectivity index (χ1n) is 6.07. The number of anilines is 1. The van der Waals surface area contributed by atoms with E-state index in [0.717, 1.165) is 5.52 Å². The fraction of sp³-hybridized carbons (Fsp3) is 0. The van der Waals surface area contributed by atoms with Crippen LogP contribution in [0, 0.1) is 0 Å². The van der Waals surface area contributed by atoms with Crippen molar-refractivity contribution >= 4 is 28.3 Å². The molecule has 1 aliphatic rings. The summed E-state index contributed by atoms with van der Waals surface area (Å²) in [6, 6.07) is 10.9. The number of hydrogen-bond acceptors (Lipinski definition) is 3. The Morgan fingerprint density at radius 1 is 1.00 bits per heavy atom. The van der Waals surface area contributed by atoms with Gasteiger partial charge in [-0.25, -0.2) is 0 Å². The maximum atomic E-state index is 11.0. The van der Waals surface area contributed by atoms with Crippen LogP contribution in [0.4, 0.5) is 5.69 Å². The van der Waals surface area contributed by atoms with Crippen LogP contribution in [0.15, 0.2) is 55.0 Å². The van der Waals surface area contributed by atoms with Gasteiger partial charge in [-0.05, 0) is 24.3 Å². The smallest absolute Gasteiger partial charge is 0.296 e. The molecule has 5 nitrogen and oxygen atoms in total. The van der Waals surface area contributed by atoms with E-state index in [1.54, 1.807) is 30.5 Å². The van der Waals surface area contributed by atoms with Gasteiger partial charge >= 0.3 is 0 Å². The minimum atomic E-state index is -0.536. The molecular weight excluding hydrogens is 254 g/mol. The summed E-state index contributed by atoms with van der Waals surface area (Å²) in [4.78, 5) is 28.8. The van der Waals surface area contributed by atoms with Gasteiger partial charge in [-0.2, -0.15) is 0 Å². The number of carbonyl (C=O) groups excluding carboxylic acids is 2. The number of fused-ring (bicyclic) bond motifs is 2. The van der Waals surface area contributed by atoms with E-state index in [0.29, 0.717) is 11.3 Å². The average molecular weight is 265 g/mol. The highest BCUT2D eigenvalue weighted by molar-refractivity contribution is 6.51. The van der Waals surface area contributed by atoms with Crippen LogP contribution >= 0.6 is 0 Å². The van der Waals surface area contributed by atoms with Crippen molar-refractivity contribution in [1.82, 2.24) is 9.97 Å². The van der Waals surface area contributed by atoms with Crippen LogP contribution < -0.4 is 5.32 Å². The second-order valence-electron chi connectivity index (χ2n) is 4.27. The van der Waals surface area contributed by atoms with Crippen molar-refractivity contribution in [3.05, 3.63) is 60.6 Å². The summed E-state index contributed by atoms with van der Waals surface area (Å²) in [5.41, 5.74) is 2.18. The van der Waals surface area contributed by atoms with Gasteiger partial charge in [-0.1, -0.05) is 12.1 Å². The van der Waals surface area contributed by atoms with Crippen molar-refractivity contribution in [1.29, 1.82) is 0 Å². The normalized spacial score (nSPS) is 12.6. The maximum absolute atomic E-state index is 11.0. The van der Waals surface area contributed by atoms with Gasteiger partial charge in [0.1, 0.15) is 0 Å². The molecule has 2 aromatic heterocycles. The molecule has 0 bridgehead atoms. The molecule has 4 rings (SSSR count). The molecule has 3 heterocycles. The highest BCUT2D eigenvalue weighted by Gasteiger charge is 2.26. The topological polar surface area (TPSA) is 74.8 Å². The van der Waals surface area contributed by atoms with Crippen LogP contribution in [0.1, 0.15) is 10.4 Å². The van der Waals surface area contributed by atoms with Gasteiger partial charge in [0, 0.05) is 17.8 Å². The Labute approximate surface area is 114 Å². The van der Waals surface area contributed by atoms with Crippen LogP contribution in [0.5, 0.6) is 0 Å². The van der Waals surface area contributed by atoms with Crippen molar-refractivity contribution < 1.29 is 9.59 Å². The van der Waals surface area contributed by atoms with Crippen LogP contribution in [0.2, 0.25) is 0 Å². The largest absolute Gasteiger partial charge is 0.360 e. The Morgan fingerprint density at radius 3 is 2.65 bits per heavy atom. The number of benzene rings is 1. The van der Waals surface area contributed by atoms with Gasteiger partial charge in [0.2, 0.25) is 0 Å². The van der Waals surface area contributed by atoms with Crippen molar-refractivity contribution in [3.63, 3.8) is 0 Å². The monoisotopic (exact) mass is 265 g/mol. The third-order valence-corrected chi connectivity index (χ3v) is 2.98. The first kappa shape index (κ1) is 12.1. The summed E-state index contributed by atoms with van der Waals surface area (Å²) in [5, 5.41) is 3.67. The van der Waals surface area contributed by atoms with Gasteiger partial charge < -0.3 is 10.3 Å². The molecule has 0 saturated heterocycles. The number of pyridine rings is 1. The number of nitrogens with zero attached hydrogens (tertiary/aromatic N) is 1. The van der Waals surface area contributed by atoms with Crippen molar-refractivity contribution in [3.8, 4) is 0 Å². The minimum Gasteiger partial charge on any atom is -0.360 e. The predicted octanol–water partition coefficient (Wildman–Crippen LogP) is 2.38. The Hall–Kier alpha value is -2.95. The number of Topliss-reactive ketones (excluding diaryl/α,β-unsaturated/α-hetero) is 1. The van der Waals surface area contributed by atoms with E-state index in [4.69, 9.17) is 0 Å².